The molecule has 1 saturated heterocycles. The van der Waals surface area contributed by atoms with Gasteiger partial charge in [-0.1, -0.05) is 20.8 Å². The average molecular weight is 206 g/mol. The highest BCUT2D eigenvalue weighted by Gasteiger charge is 2.28. The van der Waals surface area contributed by atoms with E-state index in [0.29, 0.717) is 19.6 Å². The summed E-state index contributed by atoms with van der Waals surface area (Å²) in [6, 6.07) is 0. The van der Waals surface area contributed by atoms with Crippen molar-refractivity contribution < 1.29 is 8.42 Å². The summed E-state index contributed by atoms with van der Waals surface area (Å²) in [7, 11) is -3.13. The molecule has 0 radical (unpaired) electrons. The van der Waals surface area contributed by atoms with E-state index in [0.717, 1.165) is 6.42 Å². The van der Waals surface area contributed by atoms with Gasteiger partial charge in [0.25, 0.3) is 10.2 Å². The van der Waals surface area contributed by atoms with E-state index in [1.807, 2.05) is 0 Å². The minimum absolute atomic E-state index is 0.193. The number of hydrogen-bond acceptors (Lipinski definition) is 2. The molecular weight excluding hydrogens is 188 g/mol. The largest absolute Gasteiger partial charge is 0.279 e. The van der Waals surface area contributed by atoms with E-state index in [9.17, 15) is 8.42 Å². The first-order chi connectivity index (χ1) is 5.81. The topological polar surface area (TPSA) is 49.4 Å². The first-order valence-corrected chi connectivity index (χ1v) is 6.00. The van der Waals surface area contributed by atoms with E-state index in [4.69, 9.17) is 0 Å². The van der Waals surface area contributed by atoms with Gasteiger partial charge in [-0.05, 0) is 11.8 Å². The van der Waals surface area contributed by atoms with Crippen molar-refractivity contribution in [2.75, 3.05) is 19.6 Å². The summed E-state index contributed by atoms with van der Waals surface area (Å²) in [5.41, 5.74) is 0.193. The average Bonchev–Trinajstić information content (AvgIpc) is 2.23. The molecule has 78 valence electrons. The molecule has 1 N–H and O–H groups in total. The molecule has 0 unspecified atom stereocenters. The first kappa shape index (κ1) is 10.9. The number of nitrogens with one attached hydrogen (secondary N) is 1. The van der Waals surface area contributed by atoms with Crippen LogP contribution in [0.25, 0.3) is 0 Å². The summed E-state index contributed by atoms with van der Waals surface area (Å²) < 4.78 is 26.6. The standard InChI is InChI=1S/C8H18N2O2S/c1-8(2,3)4-6-10-7-5-9-13(10,11)12/h9H,4-7H2,1-3H3. The van der Waals surface area contributed by atoms with Crippen LogP contribution in [-0.2, 0) is 10.2 Å². The van der Waals surface area contributed by atoms with Crippen molar-refractivity contribution in [3.05, 3.63) is 0 Å². The summed E-state index contributed by atoms with van der Waals surface area (Å²) in [5.74, 6) is 0. The third-order valence-electron chi connectivity index (χ3n) is 2.10. The van der Waals surface area contributed by atoms with Gasteiger partial charge in [0.2, 0.25) is 0 Å². The Hall–Kier alpha value is -0.130. The van der Waals surface area contributed by atoms with Gasteiger partial charge in [-0.3, -0.25) is 0 Å². The fraction of sp³-hybridized carbons (Fsp3) is 1.00. The highest BCUT2D eigenvalue weighted by molar-refractivity contribution is 7.87. The molecule has 1 rings (SSSR count). The van der Waals surface area contributed by atoms with Crippen LogP contribution in [0.15, 0.2) is 0 Å². The van der Waals surface area contributed by atoms with Gasteiger partial charge < -0.3 is 0 Å². The lowest BCUT2D eigenvalue weighted by Crippen LogP contribution is -2.32. The van der Waals surface area contributed by atoms with Gasteiger partial charge in [0, 0.05) is 19.6 Å². The van der Waals surface area contributed by atoms with Crippen molar-refractivity contribution in [1.29, 1.82) is 0 Å². The van der Waals surface area contributed by atoms with Crippen LogP contribution < -0.4 is 4.72 Å². The Labute approximate surface area is 80.5 Å². The summed E-state index contributed by atoms with van der Waals surface area (Å²) >= 11 is 0. The second-order valence-corrected chi connectivity index (χ2v) is 6.36. The zero-order valence-corrected chi connectivity index (χ0v) is 9.32. The van der Waals surface area contributed by atoms with E-state index in [-0.39, 0.29) is 5.41 Å². The number of nitrogens with zero attached hydrogens (tertiary/aromatic N) is 1. The van der Waals surface area contributed by atoms with Crippen molar-refractivity contribution in [2.24, 2.45) is 5.41 Å². The lowest BCUT2D eigenvalue weighted by molar-refractivity contribution is 0.322. The molecule has 0 atom stereocenters. The van der Waals surface area contributed by atoms with E-state index < -0.39 is 10.2 Å². The normalized spacial score (nSPS) is 23.6. The van der Waals surface area contributed by atoms with Crippen molar-refractivity contribution >= 4 is 10.2 Å². The van der Waals surface area contributed by atoms with Gasteiger partial charge in [0.1, 0.15) is 0 Å². The Kier molecular flexibility index (Phi) is 2.99. The zero-order valence-electron chi connectivity index (χ0n) is 8.50. The minimum Gasteiger partial charge on any atom is -0.201 e. The molecule has 0 aromatic carbocycles. The Bertz CT molecular complexity index is 266. The van der Waals surface area contributed by atoms with Crippen LogP contribution in [-0.4, -0.2) is 32.4 Å². The maximum absolute atomic E-state index is 11.3. The van der Waals surface area contributed by atoms with Crippen LogP contribution in [0.1, 0.15) is 27.2 Å². The molecule has 0 aliphatic carbocycles. The molecule has 0 amide bonds. The second-order valence-electron chi connectivity index (χ2n) is 4.61. The molecule has 4 nitrogen and oxygen atoms in total. The van der Waals surface area contributed by atoms with E-state index >= 15 is 0 Å². The molecule has 13 heavy (non-hydrogen) atoms. The SMILES string of the molecule is CC(C)(C)CCN1CCNS1(=O)=O. The maximum Gasteiger partial charge on any atom is 0.279 e. The molecule has 5 heteroatoms. The first-order valence-electron chi connectivity index (χ1n) is 4.56. The predicted octanol–water partition coefficient (Wildman–Crippen LogP) is 0.573. The van der Waals surface area contributed by atoms with Crippen molar-refractivity contribution in [3.63, 3.8) is 0 Å². The molecule has 1 aliphatic rings. The molecule has 1 heterocycles. The highest BCUT2D eigenvalue weighted by atomic mass is 32.2. The third kappa shape index (κ3) is 3.25. The van der Waals surface area contributed by atoms with Crippen molar-refractivity contribution in [3.8, 4) is 0 Å². The van der Waals surface area contributed by atoms with Gasteiger partial charge in [-0.25, -0.2) is 4.72 Å². The Morgan fingerprint density at radius 3 is 2.38 bits per heavy atom. The van der Waals surface area contributed by atoms with E-state index in [2.05, 4.69) is 25.5 Å². The number of rotatable bonds is 2. The summed E-state index contributed by atoms with van der Waals surface area (Å²) in [4.78, 5) is 0. The fourth-order valence-corrected chi connectivity index (χ4v) is 2.40. The van der Waals surface area contributed by atoms with Gasteiger partial charge in [-0.2, -0.15) is 12.7 Å². The lowest BCUT2D eigenvalue weighted by atomic mass is 9.92. The van der Waals surface area contributed by atoms with Gasteiger partial charge in [0.05, 0.1) is 0 Å². The smallest absolute Gasteiger partial charge is 0.201 e. The Morgan fingerprint density at radius 1 is 1.38 bits per heavy atom. The van der Waals surface area contributed by atoms with Gasteiger partial charge in [-0.15, -0.1) is 0 Å². The minimum atomic E-state index is -3.13. The van der Waals surface area contributed by atoms with Crippen LogP contribution in [0.5, 0.6) is 0 Å². The quantitative estimate of drug-likeness (QED) is 0.718. The van der Waals surface area contributed by atoms with E-state index in [1.54, 1.807) is 0 Å². The third-order valence-corrected chi connectivity index (χ3v) is 3.71. The lowest BCUT2D eigenvalue weighted by Gasteiger charge is -2.21. The molecule has 0 bridgehead atoms. The van der Waals surface area contributed by atoms with E-state index in [1.165, 1.54) is 4.31 Å². The Morgan fingerprint density at radius 2 is 2.00 bits per heavy atom. The summed E-state index contributed by atoms with van der Waals surface area (Å²) in [6.45, 7) is 8.12. The summed E-state index contributed by atoms with van der Waals surface area (Å²) in [6.07, 6.45) is 0.897. The molecular formula is C8H18N2O2S. The fourth-order valence-electron chi connectivity index (χ4n) is 1.20. The van der Waals surface area contributed by atoms with Crippen LogP contribution in [0, 0.1) is 5.41 Å². The maximum atomic E-state index is 11.3. The van der Waals surface area contributed by atoms with Gasteiger partial charge in [0.15, 0.2) is 0 Å². The van der Waals surface area contributed by atoms with Gasteiger partial charge >= 0.3 is 0 Å². The van der Waals surface area contributed by atoms with Crippen molar-refractivity contribution in [1.82, 2.24) is 9.03 Å². The molecule has 0 saturated carbocycles. The highest BCUT2D eigenvalue weighted by Crippen LogP contribution is 2.20. The summed E-state index contributed by atoms with van der Waals surface area (Å²) in [5, 5.41) is 0. The molecule has 0 aromatic heterocycles. The molecule has 0 spiro atoms. The predicted molar refractivity (Wildman–Crippen MR) is 52.6 cm³/mol. The van der Waals surface area contributed by atoms with Crippen LogP contribution >= 0.6 is 0 Å². The monoisotopic (exact) mass is 206 g/mol. The van der Waals surface area contributed by atoms with Crippen molar-refractivity contribution in [2.45, 2.75) is 27.2 Å². The molecule has 0 aromatic rings. The Balaban J connectivity index is 2.47. The van der Waals surface area contributed by atoms with Crippen LogP contribution in [0.3, 0.4) is 0 Å². The number of hydrogen-bond donors (Lipinski definition) is 1. The zero-order chi connectivity index (χ0) is 10.1. The molecule has 1 aliphatic heterocycles. The molecule has 1 fully saturated rings. The van der Waals surface area contributed by atoms with Crippen LogP contribution in [0.2, 0.25) is 0 Å². The second kappa shape index (κ2) is 3.55. The van der Waals surface area contributed by atoms with Crippen LogP contribution in [0.4, 0.5) is 0 Å².